The van der Waals surface area contributed by atoms with E-state index < -0.39 is 0 Å². The van der Waals surface area contributed by atoms with Crippen LogP contribution in [-0.4, -0.2) is 18.5 Å². The molecule has 1 aromatic carbocycles. The van der Waals surface area contributed by atoms with Crippen molar-refractivity contribution < 1.29 is 4.79 Å². The molecule has 2 atom stereocenters. The van der Waals surface area contributed by atoms with Gasteiger partial charge in [-0.05, 0) is 50.2 Å². The van der Waals surface area contributed by atoms with Crippen molar-refractivity contribution in [1.29, 1.82) is 0 Å². The van der Waals surface area contributed by atoms with Crippen molar-refractivity contribution in [2.24, 2.45) is 11.7 Å². The van der Waals surface area contributed by atoms with E-state index in [9.17, 15) is 4.79 Å². The maximum atomic E-state index is 12.5. The van der Waals surface area contributed by atoms with Gasteiger partial charge < -0.3 is 11.1 Å². The molecule has 4 heteroatoms. The predicted molar refractivity (Wildman–Crippen MR) is 102 cm³/mol. The van der Waals surface area contributed by atoms with Gasteiger partial charge in [0, 0.05) is 23.9 Å². The standard InChI is InChI=1S/C20H30N2O.ClH/c1-15-7-3-4-8-18(15)20(11-5-2-6-12-20)14-22-19(23)16-9-10-17(21)13-16;/h3-4,7-8,16-17H,2,5-6,9-14,21H2,1H3,(H,22,23);1H. The lowest BCUT2D eigenvalue weighted by Gasteiger charge is -2.39. The molecular weight excluding hydrogens is 320 g/mol. The van der Waals surface area contributed by atoms with Gasteiger partial charge in [0.05, 0.1) is 0 Å². The van der Waals surface area contributed by atoms with Gasteiger partial charge in [-0.25, -0.2) is 0 Å². The molecule has 0 spiro atoms. The van der Waals surface area contributed by atoms with E-state index in [1.807, 2.05) is 0 Å². The molecule has 0 heterocycles. The van der Waals surface area contributed by atoms with Crippen molar-refractivity contribution in [3.63, 3.8) is 0 Å². The van der Waals surface area contributed by atoms with Crippen LogP contribution >= 0.6 is 12.4 Å². The number of aryl methyl sites for hydroxylation is 1. The van der Waals surface area contributed by atoms with Gasteiger partial charge in [-0.1, -0.05) is 43.5 Å². The number of nitrogens with two attached hydrogens (primary N) is 1. The normalized spacial score (nSPS) is 25.8. The van der Waals surface area contributed by atoms with E-state index in [2.05, 4.69) is 36.5 Å². The van der Waals surface area contributed by atoms with Gasteiger partial charge in [0.1, 0.15) is 0 Å². The molecule has 2 aliphatic carbocycles. The Kier molecular flexibility index (Phi) is 6.70. The highest BCUT2D eigenvalue weighted by Crippen LogP contribution is 2.40. The van der Waals surface area contributed by atoms with Gasteiger partial charge in [-0.15, -0.1) is 12.4 Å². The molecule has 1 amide bonds. The summed E-state index contributed by atoms with van der Waals surface area (Å²) in [5.41, 5.74) is 8.87. The van der Waals surface area contributed by atoms with Crippen LogP contribution in [-0.2, 0) is 10.2 Å². The SMILES string of the molecule is Cc1ccccc1C1(CNC(=O)C2CCC(N)C2)CCCCC1.Cl. The fourth-order valence-electron chi connectivity index (χ4n) is 4.59. The van der Waals surface area contributed by atoms with Crippen molar-refractivity contribution in [2.75, 3.05) is 6.54 Å². The third-order valence-electron chi connectivity index (χ3n) is 5.97. The maximum absolute atomic E-state index is 12.5. The topological polar surface area (TPSA) is 55.1 Å². The molecule has 3 N–H and O–H groups in total. The highest BCUT2D eigenvalue weighted by atomic mass is 35.5. The lowest BCUT2D eigenvalue weighted by atomic mass is 9.68. The van der Waals surface area contributed by atoms with Crippen molar-refractivity contribution in [3.8, 4) is 0 Å². The van der Waals surface area contributed by atoms with Gasteiger partial charge in [0.2, 0.25) is 5.91 Å². The Hall–Kier alpha value is -1.06. The molecule has 2 unspecified atom stereocenters. The molecule has 0 radical (unpaired) electrons. The number of hydrogen-bond donors (Lipinski definition) is 2. The third kappa shape index (κ3) is 4.12. The van der Waals surface area contributed by atoms with E-state index in [4.69, 9.17) is 5.73 Å². The number of hydrogen-bond acceptors (Lipinski definition) is 2. The molecule has 3 rings (SSSR count). The highest BCUT2D eigenvalue weighted by Gasteiger charge is 2.36. The number of carbonyl (C=O) groups excluding carboxylic acids is 1. The second-order valence-corrected chi connectivity index (χ2v) is 7.64. The minimum Gasteiger partial charge on any atom is -0.355 e. The minimum atomic E-state index is 0. The lowest BCUT2D eigenvalue weighted by Crippen LogP contribution is -2.44. The number of halogens is 1. The third-order valence-corrected chi connectivity index (χ3v) is 5.97. The first-order valence-electron chi connectivity index (χ1n) is 9.20. The average Bonchev–Trinajstić information content (AvgIpc) is 3.00. The van der Waals surface area contributed by atoms with Crippen LogP contribution in [0, 0.1) is 12.8 Å². The van der Waals surface area contributed by atoms with Crippen molar-refractivity contribution >= 4 is 18.3 Å². The number of amides is 1. The Bertz CT molecular complexity index is 554. The van der Waals surface area contributed by atoms with E-state index in [0.717, 1.165) is 25.8 Å². The smallest absolute Gasteiger partial charge is 0.223 e. The van der Waals surface area contributed by atoms with E-state index in [1.54, 1.807) is 0 Å². The zero-order valence-corrected chi connectivity index (χ0v) is 15.5. The summed E-state index contributed by atoms with van der Waals surface area (Å²) in [7, 11) is 0. The molecule has 2 saturated carbocycles. The van der Waals surface area contributed by atoms with Crippen LogP contribution < -0.4 is 11.1 Å². The Morgan fingerprint density at radius 1 is 1.21 bits per heavy atom. The molecule has 0 aromatic heterocycles. The molecule has 0 saturated heterocycles. The molecule has 0 bridgehead atoms. The Balaban J connectivity index is 0.00000208. The van der Waals surface area contributed by atoms with E-state index in [1.165, 1.54) is 43.2 Å². The number of benzene rings is 1. The predicted octanol–water partition coefficient (Wildman–Crippen LogP) is 3.86. The van der Waals surface area contributed by atoms with Crippen molar-refractivity contribution in [2.45, 2.75) is 69.7 Å². The first-order chi connectivity index (χ1) is 11.1. The van der Waals surface area contributed by atoms with Crippen LogP contribution in [0.25, 0.3) is 0 Å². The number of carbonyl (C=O) groups is 1. The summed E-state index contributed by atoms with van der Waals surface area (Å²) in [6, 6.07) is 8.91. The number of nitrogens with one attached hydrogen (secondary N) is 1. The monoisotopic (exact) mass is 350 g/mol. The van der Waals surface area contributed by atoms with Gasteiger partial charge in [0.15, 0.2) is 0 Å². The average molecular weight is 351 g/mol. The van der Waals surface area contributed by atoms with Crippen LogP contribution in [0.4, 0.5) is 0 Å². The van der Waals surface area contributed by atoms with Crippen LogP contribution in [0.15, 0.2) is 24.3 Å². The summed E-state index contributed by atoms with van der Waals surface area (Å²) < 4.78 is 0. The molecule has 2 aliphatic rings. The summed E-state index contributed by atoms with van der Waals surface area (Å²) in [5, 5.41) is 3.29. The molecule has 2 fully saturated rings. The first-order valence-corrected chi connectivity index (χ1v) is 9.20. The molecular formula is C20H31ClN2O. The number of rotatable bonds is 4. The fourth-order valence-corrected chi connectivity index (χ4v) is 4.59. The van der Waals surface area contributed by atoms with Crippen molar-refractivity contribution in [3.05, 3.63) is 35.4 Å². The second kappa shape index (κ2) is 8.35. The first kappa shape index (κ1) is 19.3. The minimum absolute atomic E-state index is 0. The largest absolute Gasteiger partial charge is 0.355 e. The maximum Gasteiger partial charge on any atom is 0.223 e. The molecule has 1 aromatic rings. The van der Waals surface area contributed by atoms with E-state index in [0.29, 0.717) is 0 Å². The quantitative estimate of drug-likeness (QED) is 0.866. The van der Waals surface area contributed by atoms with Gasteiger partial charge in [0.25, 0.3) is 0 Å². The van der Waals surface area contributed by atoms with Gasteiger partial charge in [-0.3, -0.25) is 4.79 Å². The fraction of sp³-hybridized carbons (Fsp3) is 0.650. The Morgan fingerprint density at radius 3 is 2.54 bits per heavy atom. The van der Waals surface area contributed by atoms with Gasteiger partial charge in [-0.2, -0.15) is 0 Å². The van der Waals surface area contributed by atoms with Gasteiger partial charge >= 0.3 is 0 Å². The molecule has 0 aliphatic heterocycles. The zero-order valence-electron chi connectivity index (χ0n) is 14.7. The van der Waals surface area contributed by atoms with Crippen molar-refractivity contribution in [1.82, 2.24) is 5.32 Å². The second-order valence-electron chi connectivity index (χ2n) is 7.64. The molecule has 3 nitrogen and oxygen atoms in total. The van der Waals surface area contributed by atoms with Crippen LogP contribution in [0.1, 0.15) is 62.5 Å². The van der Waals surface area contributed by atoms with E-state index in [-0.39, 0.29) is 35.7 Å². The summed E-state index contributed by atoms with van der Waals surface area (Å²) in [6.45, 7) is 2.98. The van der Waals surface area contributed by atoms with E-state index >= 15 is 0 Å². The summed E-state index contributed by atoms with van der Waals surface area (Å²) in [5.74, 6) is 0.346. The Labute approximate surface area is 152 Å². The summed E-state index contributed by atoms with van der Waals surface area (Å²) in [6.07, 6.45) is 9.00. The van der Waals surface area contributed by atoms with Crippen LogP contribution in [0.5, 0.6) is 0 Å². The van der Waals surface area contributed by atoms with Crippen LogP contribution in [0.2, 0.25) is 0 Å². The molecule has 24 heavy (non-hydrogen) atoms. The Morgan fingerprint density at radius 2 is 1.92 bits per heavy atom. The van der Waals surface area contributed by atoms with Crippen LogP contribution in [0.3, 0.4) is 0 Å². The summed E-state index contributed by atoms with van der Waals surface area (Å²) in [4.78, 5) is 12.5. The molecule has 134 valence electrons. The highest BCUT2D eigenvalue weighted by molar-refractivity contribution is 5.85. The lowest BCUT2D eigenvalue weighted by molar-refractivity contribution is -0.125. The zero-order chi connectivity index (χ0) is 16.3. The summed E-state index contributed by atoms with van der Waals surface area (Å²) >= 11 is 0.